The Labute approximate surface area is 160 Å². The number of benzene rings is 1. The molecule has 0 saturated heterocycles. The maximum absolute atomic E-state index is 12.2. The molecular formula is C21H27N3O3. The first-order chi connectivity index (χ1) is 13.2. The van der Waals surface area contributed by atoms with E-state index < -0.39 is 0 Å². The van der Waals surface area contributed by atoms with Crippen LogP contribution < -0.4 is 15.4 Å². The molecule has 1 heterocycles. The number of hydrogen-bond donors (Lipinski definition) is 2. The molecule has 0 bridgehead atoms. The first-order valence-corrected chi connectivity index (χ1v) is 9.36. The van der Waals surface area contributed by atoms with Gasteiger partial charge in [0.2, 0.25) is 5.88 Å². The molecule has 2 aromatic rings. The van der Waals surface area contributed by atoms with Crippen molar-refractivity contribution in [1.82, 2.24) is 15.6 Å². The van der Waals surface area contributed by atoms with E-state index in [4.69, 9.17) is 9.47 Å². The highest BCUT2D eigenvalue weighted by Crippen LogP contribution is 2.43. The van der Waals surface area contributed by atoms with Crippen molar-refractivity contribution >= 4 is 6.03 Å². The lowest BCUT2D eigenvalue weighted by Gasteiger charge is -2.42. The summed E-state index contributed by atoms with van der Waals surface area (Å²) in [6.07, 6.45) is 5.15. The minimum Gasteiger partial charge on any atom is -0.475 e. The predicted molar refractivity (Wildman–Crippen MR) is 104 cm³/mol. The van der Waals surface area contributed by atoms with Gasteiger partial charge in [0, 0.05) is 37.9 Å². The quantitative estimate of drug-likeness (QED) is 0.667. The topological polar surface area (TPSA) is 72.5 Å². The molecule has 1 aliphatic carbocycles. The molecule has 1 aliphatic rings. The predicted octanol–water partition coefficient (Wildman–Crippen LogP) is 3.03. The number of urea groups is 1. The fourth-order valence-electron chi connectivity index (χ4n) is 3.29. The molecule has 1 aromatic heterocycles. The molecule has 0 radical (unpaired) electrons. The fourth-order valence-corrected chi connectivity index (χ4v) is 3.29. The average Bonchev–Trinajstić information content (AvgIpc) is 2.67. The van der Waals surface area contributed by atoms with Crippen LogP contribution in [0.5, 0.6) is 5.88 Å². The lowest BCUT2D eigenvalue weighted by atomic mass is 9.64. The van der Waals surface area contributed by atoms with E-state index in [9.17, 15) is 4.79 Å². The van der Waals surface area contributed by atoms with E-state index in [0.717, 1.165) is 18.4 Å². The zero-order valence-electron chi connectivity index (χ0n) is 15.7. The van der Waals surface area contributed by atoms with Gasteiger partial charge in [-0.25, -0.2) is 9.78 Å². The maximum atomic E-state index is 12.2. The van der Waals surface area contributed by atoms with Crippen molar-refractivity contribution in [3.05, 3.63) is 59.8 Å². The van der Waals surface area contributed by atoms with Crippen LogP contribution in [0.15, 0.2) is 48.7 Å². The van der Waals surface area contributed by atoms with E-state index in [1.807, 2.05) is 12.1 Å². The van der Waals surface area contributed by atoms with Crippen molar-refractivity contribution in [2.75, 3.05) is 26.9 Å². The minimum absolute atomic E-state index is 0.0847. The molecule has 2 amide bonds. The zero-order valence-corrected chi connectivity index (χ0v) is 15.7. The number of aromatic nitrogens is 1. The highest BCUT2D eigenvalue weighted by atomic mass is 16.5. The summed E-state index contributed by atoms with van der Waals surface area (Å²) in [6.45, 7) is 2.07. The molecule has 0 spiro atoms. The highest BCUT2D eigenvalue weighted by molar-refractivity contribution is 5.74. The number of hydrogen-bond acceptors (Lipinski definition) is 4. The number of rotatable bonds is 9. The molecule has 0 atom stereocenters. The molecule has 6 nitrogen and oxygen atoms in total. The summed E-state index contributed by atoms with van der Waals surface area (Å²) in [5, 5.41) is 5.92. The second-order valence-corrected chi connectivity index (χ2v) is 6.88. The van der Waals surface area contributed by atoms with E-state index in [1.54, 1.807) is 19.4 Å². The number of nitrogens with one attached hydrogen (secondary N) is 2. The second kappa shape index (κ2) is 9.37. The third kappa shape index (κ3) is 5.20. The number of methoxy groups -OCH3 is 1. The number of carbonyl (C=O) groups excluding carboxylic acids is 1. The van der Waals surface area contributed by atoms with Crippen molar-refractivity contribution in [2.24, 2.45) is 0 Å². The smallest absolute Gasteiger partial charge is 0.315 e. The third-order valence-corrected chi connectivity index (χ3v) is 5.07. The molecule has 6 heteroatoms. The van der Waals surface area contributed by atoms with E-state index in [-0.39, 0.29) is 11.4 Å². The Morgan fingerprint density at radius 3 is 2.56 bits per heavy atom. The van der Waals surface area contributed by atoms with Gasteiger partial charge in [-0.3, -0.25) is 0 Å². The summed E-state index contributed by atoms with van der Waals surface area (Å²) in [5.41, 5.74) is 2.32. The number of carbonyl (C=O) groups is 1. The van der Waals surface area contributed by atoms with Gasteiger partial charge >= 0.3 is 6.03 Å². The van der Waals surface area contributed by atoms with Gasteiger partial charge in [-0.05, 0) is 24.0 Å². The van der Waals surface area contributed by atoms with Crippen LogP contribution >= 0.6 is 0 Å². The van der Waals surface area contributed by atoms with Gasteiger partial charge in [0.05, 0.1) is 6.61 Å². The SMILES string of the molecule is COCCOc1ccc(CNC(=O)NCC2(c3ccccc3)CCC2)cn1. The van der Waals surface area contributed by atoms with Crippen LogP contribution in [0.4, 0.5) is 4.79 Å². The van der Waals surface area contributed by atoms with Crippen LogP contribution in [0, 0.1) is 0 Å². The molecule has 0 aliphatic heterocycles. The Morgan fingerprint density at radius 1 is 1.11 bits per heavy atom. The number of ether oxygens (including phenoxy) is 2. The summed E-state index contributed by atoms with van der Waals surface area (Å²) in [5.74, 6) is 0.551. The van der Waals surface area contributed by atoms with Gasteiger partial charge in [0.1, 0.15) is 6.61 Å². The molecular weight excluding hydrogens is 342 g/mol. The normalized spacial score (nSPS) is 14.9. The van der Waals surface area contributed by atoms with Crippen molar-refractivity contribution in [1.29, 1.82) is 0 Å². The van der Waals surface area contributed by atoms with Crippen molar-refractivity contribution in [3.63, 3.8) is 0 Å². The lowest BCUT2D eigenvalue weighted by molar-refractivity contribution is 0.143. The number of amides is 2. The Hall–Kier alpha value is -2.60. The minimum atomic E-state index is -0.155. The molecule has 1 aromatic carbocycles. The van der Waals surface area contributed by atoms with Crippen molar-refractivity contribution in [2.45, 2.75) is 31.2 Å². The van der Waals surface area contributed by atoms with Gasteiger partial charge in [-0.1, -0.05) is 42.8 Å². The van der Waals surface area contributed by atoms with Crippen LogP contribution in [0.25, 0.3) is 0 Å². The molecule has 0 unspecified atom stereocenters. The second-order valence-electron chi connectivity index (χ2n) is 6.88. The van der Waals surface area contributed by atoms with Crippen molar-refractivity contribution < 1.29 is 14.3 Å². The van der Waals surface area contributed by atoms with Crippen molar-refractivity contribution in [3.8, 4) is 5.88 Å². The third-order valence-electron chi connectivity index (χ3n) is 5.07. The van der Waals surface area contributed by atoms with Crippen LogP contribution in [-0.4, -0.2) is 37.9 Å². The molecule has 1 fully saturated rings. The summed E-state index contributed by atoms with van der Waals surface area (Å²) in [4.78, 5) is 16.4. The summed E-state index contributed by atoms with van der Waals surface area (Å²) in [7, 11) is 1.63. The average molecular weight is 369 g/mol. The number of pyridine rings is 1. The van der Waals surface area contributed by atoms with Crippen LogP contribution in [-0.2, 0) is 16.7 Å². The Morgan fingerprint density at radius 2 is 1.93 bits per heavy atom. The van der Waals surface area contributed by atoms with Gasteiger partial charge in [0.15, 0.2) is 0 Å². The van der Waals surface area contributed by atoms with Gasteiger partial charge in [0.25, 0.3) is 0 Å². The Bertz CT molecular complexity index is 715. The molecule has 1 saturated carbocycles. The van der Waals surface area contributed by atoms with E-state index in [2.05, 4.69) is 39.9 Å². The molecule has 144 valence electrons. The van der Waals surface area contributed by atoms with Gasteiger partial charge < -0.3 is 20.1 Å². The first kappa shape index (κ1) is 19.2. The van der Waals surface area contributed by atoms with Gasteiger partial charge in [-0.15, -0.1) is 0 Å². The highest BCUT2D eigenvalue weighted by Gasteiger charge is 2.38. The molecule has 3 rings (SSSR count). The van der Waals surface area contributed by atoms with E-state index >= 15 is 0 Å². The Kier molecular flexibility index (Phi) is 6.65. The van der Waals surface area contributed by atoms with Crippen LogP contribution in [0.1, 0.15) is 30.4 Å². The summed E-state index contributed by atoms with van der Waals surface area (Å²) in [6, 6.07) is 14.0. The van der Waals surface area contributed by atoms with E-state index in [1.165, 1.54) is 12.0 Å². The number of nitrogens with zero attached hydrogens (tertiary/aromatic N) is 1. The van der Waals surface area contributed by atoms with Gasteiger partial charge in [-0.2, -0.15) is 0 Å². The van der Waals surface area contributed by atoms with Crippen LogP contribution in [0.2, 0.25) is 0 Å². The Balaban J connectivity index is 1.43. The summed E-state index contributed by atoms with van der Waals surface area (Å²) >= 11 is 0. The zero-order chi connectivity index (χ0) is 19.0. The van der Waals surface area contributed by atoms with E-state index in [0.29, 0.717) is 32.2 Å². The first-order valence-electron chi connectivity index (χ1n) is 9.36. The molecule has 27 heavy (non-hydrogen) atoms. The largest absolute Gasteiger partial charge is 0.475 e. The lowest BCUT2D eigenvalue weighted by Crippen LogP contribution is -2.48. The fraction of sp³-hybridized carbons (Fsp3) is 0.429. The van der Waals surface area contributed by atoms with Crippen LogP contribution in [0.3, 0.4) is 0 Å². The summed E-state index contributed by atoms with van der Waals surface area (Å²) < 4.78 is 10.4. The maximum Gasteiger partial charge on any atom is 0.315 e. The standard InChI is InChI=1S/C21H27N3O3/c1-26-12-13-27-19-9-8-17(14-22-19)15-23-20(25)24-16-21(10-5-11-21)18-6-3-2-4-7-18/h2-4,6-9,14H,5,10-13,15-16H2,1H3,(H2,23,24,25). The molecule has 2 N–H and O–H groups in total. The monoisotopic (exact) mass is 369 g/mol.